The molecular formula is C14H17NO. The summed E-state index contributed by atoms with van der Waals surface area (Å²) in [6.45, 7) is 5.97. The zero-order valence-electron chi connectivity index (χ0n) is 10.2. The largest absolute Gasteiger partial charge is 0.350 e. The molecule has 0 amide bonds. The van der Waals surface area contributed by atoms with Gasteiger partial charge in [-0.2, -0.15) is 0 Å². The van der Waals surface area contributed by atoms with Gasteiger partial charge in [-0.1, -0.05) is 26.0 Å². The number of hydrogen-bond donors (Lipinski definition) is 0. The van der Waals surface area contributed by atoms with Crippen molar-refractivity contribution >= 4 is 16.7 Å². The van der Waals surface area contributed by atoms with Gasteiger partial charge in [0.25, 0.3) is 0 Å². The Labute approximate surface area is 95.9 Å². The number of nitrogens with zero attached hydrogens (tertiary/aromatic N) is 1. The number of aromatic nitrogens is 1. The molecule has 2 heteroatoms. The fraction of sp³-hybridized carbons (Fsp3) is 0.357. The summed E-state index contributed by atoms with van der Waals surface area (Å²) in [4.78, 5) is 11.5. The van der Waals surface area contributed by atoms with E-state index in [-0.39, 0.29) is 5.78 Å². The van der Waals surface area contributed by atoms with Crippen LogP contribution in [0, 0.1) is 0 Å². The Morgan fingerprint density at radius 3 is 2.56 bits per heavy atom. The summed E-state index contributed by atoms with van der Waals surface area (Å²) >= 11 is 0. The van der Waals surface area contributed by atoms with E-state index < -0.39 is 0 Å². The lowest BCUT2D eigenvalue weighted by Gasteiger charge is -2.06. The van der Waals surface area contributed by atoms with Gasteiger partial charge in [0, 0.05) is 29.7 Å². The zero-order chi connectivity index (χ0) is 11.9. The highest BCUT2D eigenvalue weighted by molar-refractivity contribution is 6.07. The average Bonchev–Trinajstić information content (AvgIpc) is 2.56. The summed E-state index contributed by atoms with van der Waals surface area (Å²) in [6, 6.07) is 6.34. The van der Waals surface area contributed by atoms with Gasteiger partial charge in [-0.05, 0) is 24.5 Å². The molecule has 0 aliphatic carbocycles. The molecule has 0 atom stereocenters. The first-order valence-corrected chi connectivity index (χ1v) is 5.60. The van der Waals surface area contributed by atoms with E-state index in [0.717, 1.165) is 16.5 Å². The number of carbonyl (C=O) groups excluding carboxylic acids is 1. The SMILES string of the molecule is CC(=O)c1cn(C)c2cc(C(C)C)ccc12. The molecule has 0 aliphatic rings. The Balaban J connectivity index is 2.71. The molecule has 0 spiro atoms. The van der Waals surface area contributed by atoms with Crippen LogP contribution in [0.3, 0.4) is 0 Å². The summed E-state index contributed by atoms with van der Waals surface area (Å²) in [5.74, 6) is 0.642. The lowest BCUT2D eigenvalue weighted by Crippen LogP contribution is -1.90. The fourth-order valence-corrected chi connectivity index (χ4v) is 2.04. The molecule has 1 aromatic heterocycles. The van der Waals surface area contributed by atoms with Crippen LogP contribution in [0.25, 0.3) is 10.9 Å². The van der Waals surface area contributed by atoms with Crippen LogP contribution in [0.2, 0.25) is 0 Å². The Morgan fingerprint density at radius 2 is 2.00 bits per heavy atom. The summed E-state index contributed by atoms with van der Waals surface area (Å²) in [6.07, 6.45) is 1.91. The van der Waals surface area contributed by atoms with Gasteiger partial charge in [0.2, 0.25) is 0 Å². The minimum Gasteiger partial charge on any atom is -0.350 e. The lowest BCUT2D eigenvalue weighted by atomic mass is 10.0. The summed E-state index contributed by atoms with van der Waals surface area (Å²) in [7, 11) is 1.98. The van der Waals surface area contributed by atoms with Gasteiger partial charge in [-0.15, -0.1) is 0 Å². The minimum absolute atomic E-state index is 0.128. The molecule has 0 saturated heterocycles. The molecule has 2 rings (SSSR count). The molecule has 0 fully saturated rings. The quantitative estimate of drug-likeness (QED) is 0.703. The van der Waals surface area contributed by atoms with Crippen molar-refractivity contribution in [3.8, 4) is 0 Å². The first-order chi connectivity index (χ1) is 7.50. The van der Waals surface area contributed by atoms with Crippen LogP contribution < -0.4 is 0 Å². The number of Topliss-reactive ketones (excluding diaryl/α,β-unsaturated/α-hetero) is 1. The van der Waals surface area contributed by atoms with E-state index in [1.165, 1.54) is 5.56 Å². The number of rotatable bonds is 2. The molecule has 2 aromatic rings. The average molecular weight is 215 g/mol. The Morgan fingerprint density at radius 1 is 1.31 bits per heavy atom. The third-order valence-corrected chi connectivity index (χ3v) is 3.06. The van der Waals surface area contributed by atoms with Crippen molar-refractivity contribution in [1.82, 2.24) is 4.57 Å². The van der Waals surface area contributed by atoms with Gasteiger partial charge in [0.05, 0.1) is 0 Å². The molecule has 16 heavy (non-hydrogen) atoms. The first kappa shape index (κ1) is 10.9. The van der Waals surface area contributed by atoms with Gasteiger partial charge in [0.15, 0.2) is 5.78 Å². The van der Waals surface area contributed by atoms with Crippen molar-refractivity contribution in [2.75, 3.05) is 0 Å². The molecule has 0 bridgehead atoms. The van der Waals surface area contributed by atoms with E-state index in [1.807, 2.05) is 17.8 Å². The highest BCUT2D eigenvalue weighted by atomic mass is 16.1. The van der Waals surface area contributed by atoms with Crippen LogP contribution in [-0.2, 0) is 7.05 Å². The van der Waals surface area contributed by atoms with E-state index in [2.05, 4.69) is 32.0 Å². The summed E-state index contributed by atoms with van der Waals surface area (Å²) in [5, 5.41) is 1.06. The number of hydrogen-bond acceptors (Lipinski definition) is 1. The van der Waals surface area contributed by atoms with Crippen molar-refractivity contribution in [3.63, 3.8) is 0 Å². The van der Waals surface area contributed by atoms with Crippen LogP contribution in [0.5, 0.6) is 0 Å². The monoisotopic (exact) mass is 215 g/mol. The van der Waals surface area contributed by atoms with Crippen molar-refractivity contribution in [1.29, 1.82) is 0 Å². The Kier molecular flexibility index (Phi) is 2.58. The number of aryl methyl sites for hydroxylation is 1. The smallest absolute Gasteiger partial charge is 0.161 e. The van der Waals surface area contributed by atoms with Gasteiger partial charge in [-0.3, -0.25) is 4.79 Å². The van der Waals surface area contributed by atoms with Gasteiger partial charge >= 0.3 is 0 Å². The van der Waals surface area contributed by atoms with Crippen molar-refractivity contribution in [2.24, 2.45) is 7.05 Å². The number of benzene rings is 1. The normalized spacial score (nSPS) is 11.3. The topological polar surface area (TPSA) is 22.0 Å². The van der Waals surface area contributed by atoms with Crippen molar-refractivity contribution in [3.05, 3.63) is 35.5 Å². The maximum Gasteiger partial charge on any atom is 0.161 e. The second kappa shape index (κ2) is 3.78. The Hall–Kier alpha value is -1.57. The Bertz CT molecular complexity index is 549. The van der Waals surface area contributed by atoms with Gasteiger partial charge in [-0.25, -0.2) is 0 Å². The van der Waals surface area contributed by atoms with Crippen LogP contribution in [0.15, 0.2) is 24.4 Å². The van der Waals surface area contributed by atoms with Gasteiger partial charge < -0.3 is 4.57 Å². The summed E-state index contributed by atoms with van der Waals surface area (Å²) in [5.41, 5.74) is 3.26. The zero-order valence-corrected chi connectivity index (χ0v) is 10.2. The standard InChI is InChI=1S/C14H17NO/c1-9(2)11-5-6-12-13(10(3)16)8-15(4)14(12)7-11/h5-9H,1-4H3. The maximum absolute atomic E-state index is 11.5. The van der Waals surface area contributed by atoms with E-state index in [1.54, 1.807) is 6.92 Å². The van der Waals surface area contributed by atoms with Crippen LogP contribution in [0.1, 0.15) is 42.6 Å². The molecule has 1 aromatic carbocycles. The molecule has 0 aliphatic heterocycles. The van der Waals surface area contributed by atoms with Crippen LogP contribution >= 0.6 is 0 Å². The molecule has 0 saturated carbocycles. The van der Waals surface area contributed by atoms with Crippen LogP contribution in [-0.4, -0.2) is 10.4 Å². The molecule has 0 radical (unpaired) electrons. The number of fused-ring (bicyclic) bond motifs is 1. The molecule has 2 nitrogen and oxygen atoms in total. The highest BCUT2D eigenvalue weighted by Gasteiger charge is 2.11. The van der Waals surface area contributed by atoms with E-state index in [0.29, 0.717) is 5.92 Å². The fourth-order valence-electron chi connectivity index (χ4n) is 2.04. The maximum atomic E-state index is 11.5. The molecule has 84 valence electrons. The first-order valence-electron chi connectivity index (χ1n) is 5.60. The predicted molar refractivity (Wildman–Crippen MR) is 67.0 cm³/mol. The van der Waals surface area contributed by atoms with Gasteiger partial charge in [0.1, 0.15) is 0 Å². The van der Waals surface area contributed by atoms with E-state index >= 15 is 0 Å². The summed E-state index contributed by atoms with van der Waals surface area (Å²) < 4.78 is 2.03. The molecule has 1 heterocycles. The van der Waals surface area contributed by atoms with E-state index in [4.69, 9.17) is 0 Å². The number of ketones is 1. The highest BCUT2D eigenvalue weighted by Crippen LogP contribution is 2.25. The molecular weight excluding hydrogens is 198 g/mol. The minimum atomic E-state index is 0.128. The van der Waals surface area contributed by atoms with Crippen molar-refractivity contribution in [2.45, 2.75) is 26.7 Å². The third kappa shape index (κ3) is 1.64. The second-order valence-corrected chi connectivity index (χ2v) is 4.64. The van der Waals surface area contributed by atoms with Crippen molar-refractivity contribution < 1.29 is 4.79 Å². The predicted octanol–water partition coefficient (Wildman–Crippen LogP) is 3.50. The molecule has 0 unspecified atom stereocenters. The molecule has 0 N–H and O–H groups in total. The lowest BCUT2D eigenvalue weighted by molar-refractivity contribution is 0.101. The van der Waals surface area contributed by atoms with E-state index in [9.17, 15) is 4.79 Å². The van der Waals surface area contributed by atoms with Crippen LogP contribution in [0.4, 0.5) is 0 Å². The number of carbonyl (C=O) groups is 1. The third-order valence-electron chi connectivity index (χ3n) is 3.06. The second-order valence-electron chi connectivity index (χ2n) is 4.64.